The van der Waals surface area contributed by atoms with Gasteiger partial charge in [-0.25, -0.2) is 4.98 Å². The molecule has 0 spiro atoms. The van der Waals surface area contributed by atoms with E-state index < -0.39 is 0 Å². The summed E-state index contributed by atoms with van der Waals surface area (Å²) in [6, 6.07) is 12.3. The fourth-order valence-corrected chi connectivity index (χ4v) is 1.29. The van der Waals surface area contributed by atoms with E-state index in [-0.39, 0.29) is 5.91 Å². The third kappa shape index (κ3) is 2.17. The third-order valence-corrected chi connectivity index (χ3v) is 2.11. The van der Waals surface area contributed by atoms with Crippen molar-refractivity contribution in [3.8, 4) is 0 Å². The molecule has 1 heterocycles. The number of anilines is 2. The highest BCUT2D eigenvalue weighted by atomic mass is 16.1. The number of aromatic nitrogens is 1. The molecule has 1 aromatic carbocycles. The molecule has 0 radical (unpaired) electrons. The molecule has 0 saturated carbocycles. The zero-order valence-electron chi connectivity index (χ0n) is 8.55. The Bertz CT molecular complexity index is 497. The molecule has 4 nitrogen and oxygen atoms in total. The van der Waals surface area contributed by atoms with E-state index in [1.54, 1.807) is 42.6 Å². The molecule has 0 saturated heterocycles. The van der Waals surface area contributed by atoms with Crippen LogP contribution in [-0.2, 0) is 0 Å². The summed E-state index contributed by atoms with van der Waals surface area (Å²) >= 11 is 0. The zero-order valence-corrected chi connectivity index (χ0v) is 8.55. The van der Waals surface area contributed by atoms with Gasteiger partial charge in [-0.2, -0.15) is 0 Å². The minimum atomic E-state index is -0.217. The van der Waals surface area contributed by atoms with Crippen LogP contribution in [0.1, 0.15) is 10.4 Å². The van der Waals surface area contributed by atoms with E-state index in [1.165, 1.54) is 0 Å². The van der Waals surface area contributed by atoms with Crippen LogP contribution in [0.5, 0.6) is 0 Å². The van der Waals surface area contributed by atoms with E-state index in [0.29, 0.717) is 17.1 Å². The van der Waals surface area contributed by atoms with E-state index in [0.717, 1.165) is 0 Å². The summed E-state index contributed by atoms with van der Waals surface area (Å²) in [5.74, 6) is 0.169. The van der Waals surface area contributed by atoms with Crippen LogP contribution in [0, 0.1) is 0 Å². The van der Waals surface area contributed by atoms with E-state index in [9.17, 15) is 4.79 Å². The summed E-state index contributed by atoms with van der Waals surface area (Å²) in [5.41, 5.74) is 6.70. The molecule has 1 aromatic heterocycles. The van der Waals surface area contributed by atoms with Crippen LogP contribution >= 0.6 is 0 Å². The molecule has 2 rings (SSSR count). The van der Waals surface area contributed by atoms with Crippen LogP contribution in [0.15, 0.2) is 48.7 Å². The van der Waals surface area contributed by atoms with Gasteiger partial charge in [-0.3, -0.25) is 4.79 Å². The van der Waals surface area contributed by atoms with Crippen molar-refractivity contribution < 1.29 is 4.79 Å². The molecule has 0 bridgehead atoms. The summed E-state index contributed by atoms with van der Waals surface area (Å²) in [7, 11) is 0. The lowest BCUT2D eigenvalue weighted by atomic mass is 10.2. The molecule has 2 aromatic rings. The number of hydrogen-bond acceptors (Lipinski definition) is 3. The maximum absolute atomic E-state index is 11.8. The lowest BCUT2D eigenvalue weighted by molar-refractivity contribution is 0.102. The van der Waals surface area contributed by atoms with E-state index in [2.05, 4.69) is 10.3 Å². The second-order valence-corrected chi connectivity index (χ2v) is 3.26. The number of nitrogens with zero attached hydrogens (tertiary/aromatic N) is 1. The van der Waals surface area contributed by atoms with Crippen molar-refractivity contribution in [2.75, 3.05) is 11.1 Å². The lowest BCUT2D eigenvalue weighted by Gasteiger charge is -2.06. The Morgan fingerprint density at radius 1 is 1.12 bits per heavy atom. The first-order valence-corrected chi connectivity index (χ1v) is 4.84. The largest absolute Gasteiger partial charge is 0.396 e. The van der Waals surface area contributed by atoms with Crippen LogP contribution < -0.4 is 11.1 Å². The van der Waals surface area contributed by atoms with Crippen molar-refractivity contribution in [3.05, 3.63) is 54.2 Å². The monoisotopic (exact) mass is 213 g/mol. The molecule has 0 aliphatic heterocycles. The smallest absolute Gasteiger partial charge is 0.256 e. The molecule has 3 N–H and O–H groups in total. The summed E-state index contributed by atoms with van der Waals surface area (Å²) < 4.78 is 0. The van der Waals surface area contributed by atoms with Gasteiger partial charge >= 0.3 is 0 Å². The Hall–Kier alpha value is -2.36. The predicted octanol–water partition coefficient (Wildman–Crippen LogP) is 1.92. The average Bonchev–Trinajstić information content (AvgIpc) is 2.33. The van der Waals surface area contributed by atoms with Gasteiger partial charge in [0.2, 0.25) is 0 Å². The number of benzene rings is 1. The third-order valence-electron chi connectivity index (χ3n) is 2.11. The molecule has 16 heavy (non-hydrogen) atoms. The second kappa shape index (κ2) is 4.44. The Morgan fingerprint density at radius 2 is 1.88 bits per heavy atom. The maximum Gasteiger partial charge on any atom is 0.256 e. The van der Waals surface area contributed by atoms with Crippen LogP contribution in [0.4, 0.5) is 11.5 Å². The molecule has 4 heteroatoms. The van der Waals surface area contributed by atoms with Crippen molar-refractivity contribution in [1.82, 2.24) is 4.98 Å². The summed E-state index contributed by atoms with van der Waals surface area (Å²) in [4.78, 5) is 15.7. The number of pyridine rings is 1. The van der Waals surface area contributed by atoms with Gasteiger partial charge in [-0.1, -0.05) is 18.2 Å². The normalized spacial score (nSPS) is 9.75. The molecular formula is C12H11N3O. The molecular weight excluding hydrogens is 202 g/mol. The minimum absolute atomic E-state index is 0.217. The van der Waals surface area contributed by atoms with Gasteiger partial charge in [-0.05, 0) is 24.3 Å². The number of hydrogen-bond donors (Lipinski definition) is 2. The van der Waals surface area contributed by atoms with Gasteiger partial charge in [0.05, 0.1) is 5.69 Å². The molecule has 0 aliphatic carbocycles. The van der Waals surface area contributed by atoms with Crippen molar-refractivity contribution >= 4 is 17.4 Å². The topological polar surface area (TPSA) is 68.0 Å². The average molecular weight is 213 g/mol. The summed E-state index contributed by atoms with van der Waals surface area (Å²) in [5, 5.41) is 2.65. The van der Waals surface area contributed by atoms with Crippen molar-refractivity contribution in [2.24, 2.45) is 0 Å². The van der Waals surface area contributed by atoms with E-state index in [1.807, 2.05) is 6.07 Å². The highest BCUT2D eigenvalue weighted by Crippen LogP contribution is 2.14. The number of nitrogen functional groups attached to an aromatic ring is 1. The Morgan fingerprint density at radius 3 is 2.56 bits per heavy atom. The Kier molecular flexibility index (Phi) is 2.82. The molecule has 1 amide bonds. The maximum atomic E-state index is 11.8. The van der Waals surface area contributed by atoms with Gasteiger partial charge in [0, 0.05) is 11.8 Å². The van der Waals surface area contributed by atoms with Crippen LogP contribution in [0.25, 0.3) is 0 Å². The van der Waals surface area contributed by atoms with E-state index in [4.69, 9.17) is 5.73 Å². The van der Waals surface area contributed by atoms with Gasteiger partial charge < -0.3 is 11.1 Å². The number of carbonyl (C=O) groups excluding carboxylic acids is 1. The van der Waals surface area contributed by atoms with Gasteiger partial charge in [-0.15, -0.1) is 0 Å². The second-order valence-electron chi connectivity index (χ2n) is 3.26. The standard InChI is InChI=1S/C12H11N3O/c13-10-7-4-8-14-11(10)15-12(16)9-5-2-1-3-6-9/h1-8H,13H2,(H,14,15,16). The Balaban J connectivity index is 2.18. The molecule has 80 valence electrons. The number of nitrogens with two attached hydrogens (primary N) is 1. The minimum Gasteiger partial charge on any atom is -0.396 e. The molecule has 0 atom stereocenters. The number of carbonyl (C=O) groups is 1. The van der Waals surface area contributed by atoms with Crippen LogP contribution in [-0.4, -0.2) is 10.9 Å². The first-order valence-electron chi connectivity index (χ1n) is 4.84. The molecule has 0 fully saturated rings. The first kappa shape index (κ1) is 10.2. The van der Waals surface area contributed by atoms with Crippen molar-refractivity contribution in [1.29, 1.82) is 0 Å². The highest BCUT2D eigenvalue weighted by molar-refractivity contribution is 6.04. The zero-order chi connectivity index (χ0) is 11.4. The number of nitrogens with one attached hydrogen (secondary N) is 1. The van der Waals surface area contributed by atoms with Crippen molar-refractivity contribution in [2.45, 2.75) is 0 Å². The first-order chi connectivity index (χ1) is 7.77. The van der Waals surface area contributed by atoms with Crippen LogP contribution in [0.2, 0.25) is 0 Å². The Labute approximate surface area is 93.1 Å². The number of rotatable bonds is 2. The SMILES string of the molecule is Nc1cccnc1NC(=O)c1ccccc1. The lowest BCUT2D eigenvalue weighted by Crippen LogP contribution is -2.14. The summed E-state index contributed by atoms with van der Waals surface area (Å²) in [6.07, 6.45) is 1.58. The van der Waals surface area contributed by atoms with Gasteiger partial charge in [0.15, 0.2) is 5.82 Å². The molecule has 0 aliphatic rings. The number of amides is 1. The highest BCUT2D eigenvalue weighted by Gasteiger charge is 2.07. The van der Waals surface area contributed by atoms with E-state index >= 15 is 0 Å². The fourth-order valence-electron chi connectivity index (χ4n) is 1.29. The van der Waals surface area contributed by atoms with Gasteiger partial charge in [0.25, 0.3) is 5.91 Å². The quantitative estimate of drug-likeness (QED) is 0.800. The van der Waals surface area contributed by atoms with Crippen molar-refractivity contribution in [3.63, 3.8) is 0 Å². The van der Waals surface area contributed by atoms with Gasteiger partial charge in [0.1, 0.15) is 0 Å². The predicted molar refractivity (Wildman–Crippen MR) is 63.0 cm³/mol. The summed E-state index contributed by atoms with van der Waals surface area (Å²) in [6.45, 7) is 0. The van der Waals surface area contributed by atoms with Crippen LogP contribution in [0.3, 0.4) is 0 Å². The molecule has 0 unspecified atom stereocenters. The fraction of sp³-hybridized carbons (Fsp3) is 0.